The van der Waals surface area contributed by atoms with Crippen molar-refractivity contribution < 1.29 is 19.1 Å². The molecule has 0 saturated heterocycles. The normalized spacial score (nSPS) is 11.5. The predicted molar refractivity (Wildman–Crippen MR) is 152 cm³/mol. The molecule has 1 heterocycles. The summed E-state index contributed by atoms with van der Waals surface area (Å²) in [7, 11) is 1.55. The van der Waals surface area contributed by atoms with Gasteiger partial charge in [0.05, 0.1) is 12.8 Å². The number of ether oxygens (including phenoxy) is 1. The highest BCUT2D eigenvalue weighted by atomic mass is 32.1. The van der Waals surface area contributed by atoms with Crippen LogP contribution in [0.4, 0.5) is 11.4 Å². The number of amides is 3. The van der Waals surface area contributed by atoms with E-state index in [1.165, 1.54) is 4.90 Å². The van der Waals surface area contributed by atoms with E-state index in [1.54, 1.807) is 37.4 Å². The lowest BCUT2D eigenvalue weighted by Gasteiger charge is -2.33. The largest absolute Gasteiger partial charge is 0.497 e. The molecule has 3 amide bonds. The van der Waals surface area contributed by atoms with E-state index in [0.717, 1.165) is 28.2 Å². The second-order valence-electron chi connectivity index (χ2n) is 8.91. The Hall–Kier alpha value is -4.70. The first-order chi connectivity index (χ1) is 18.7. The fourth-order valence-corrected chi connectivity index (χ4v) is 4.93. The first-order valence-corrected chi connectivity index (χ1v) is 12.9. The second-order valence-corrected chi connectivity index (χ2v) is 9.68. The van der Waals surface area contributed by atoms with Crippen LogP contribution in [-0.4, -0.2) is 29.2 Å². The number of nitrogens with zero attached hydrogens (tertiary/aromatic N) is 2. The third-order valence-corrected chi connectivity index (χ3v) is 7.31. The molecule has 3 aromatic carbocycles. The zero-order valence-corrected chi connectivity index (χ0v) is 22.6. The lowest BCUT2D eigenvalue weighted by Crippen LogP contribution is -2.44. The van der Waals surface area contributed by atoms with Crippen molar-refractivity contribution in [1.29, 1.82) is 0 Å². The first-order valence-electron chi connectivity index (χ1n) is 12.1. The van der Waals surface area contributed by atoms with E-state index < -0.39 is 23.8 Å². The molecule has 200 valence electrons. The molecule has 4 rings (SSSR count). The van der Waals surface area contributed by atoms with Gasteiger partial charge in [0.25, 0.3) is 11.8 Å². The first kappa shape index (κ1) is 27.3. The summed E-state index contributed by atoms with van der Waals surface area (Å²) in [5.41, 5.74) is 15.0. The van der Waals surface area contributed by atoms with Crippen LogP contribution in [0, 0.1) is 13.8 Å². The Bertz CT molecular complexity index is 1500. The molecule has 5 N–H and O–H groups in total. The highest BCUT2D eigenvalue weighted by molar-refractivity contribution is 7.09. The van der Waals surface area contributed by atoms with E-state index in [0.29, 0.717) is 17.0 Å². The average molecular weight is 544 g/mol. The summed E-state index contributed by atoms with van der Waals surface area (Å²) >= 11 is 0.768. The van der Waals surface area contributed by atoms with Crippen molar-refractivity contribution in [2.45, 2.75) is 26.4 Å². The van der Waals surface area contributed by atoms with Gasteiger partial charge in [0.2, 0.25) is 5.91 Å². The van der Waals surface area contributed by atoms with Crippen molar-refractivity contribution >= 4 is 40.6 Å². The number of primary amides is 1. The van der Waals surface area contributed by atoms with E-state index in [2.05, 4.69) is 9.69 Å². The van der Waals surface area contributed by atoms with E-state index in [4.69, 9.17) is 16.2 Å². The number of nitrogens with one attached hydrogen (secondary N) is 1. The Labute approximate surface area is 230 Å². The molecule has 0 aliphatic heterocycles. The summed E-state index contributed by atoms with van der Waals surface area (Å²) in [6, 6.07) is 20.8. The fourth-order valence-electron chi connectivity index (χ4n) is 4.19. The minimum Gasteiger partial charge on any atom is -0.497 e. The molecule has 0 fully saturated rings. The van der Waals surface area contributed by atoms with Gasteiger partial charge in [-0.25, -0.2) is 0 Å². The molecule has 0 aliphatic carbocycles. The molecule has 0 spiro atoms. The molecule has 4 aromatic rings. The molecular weight excluding hydrogens is 514 g/mol. The summed E-state index contributed by atoms with van der Waals surface area (Å²) in [6.07, 6.45) is 0. The van der Waals surface area contributed by atoms with Crippen LogP contribution in [0.2, 0.25) is 0 Å². The van der Waals surface area contributed by atoms with Crippen LogP contribution in [0.25, 0.3) is 0 Å². The molecule has 10 heteroatoms. The number of carbonyl (C=O) groups is 3. The minimum atomic E-state index is -1.09. The molecule has 0 unspecified atom stereocenters. The van der Waals surface area contributed by atoms with Crippen molar-refractivity contribution in [3.05, 3.63) is 106 Å². The topological polar surface area (TPSA) is 141 Å². The maximum absolute atomic E-state index is 14.2. The summed E-state index contributed by atoms with van der Waals surface area (Å²) in [6.45, 7) is 4.06. The quantitative estimate of drug-likeness (QED) is 0.290. The van der Waals surface area contributed by atoms with Crippen LogP contribution < -0.4 is 26.4 Å². The summed E-state index contributed by atoms with van der Waals surface area (Å²) < 4.78 is 9.31. The Morgan fingerprint density at radius 3 is 2.31 bits per heavy atom. The number of hydrogen-bond donors (Lipinski definition) is 3. The number of benzene rings is 3. The Balaban J connectivity index is 1.87. The molecule has 9 nitrogen and oxygen atoms in total. The number of aromatic nitrogens is 1. The minimum absolute atomic E-state index is 0.0130. The Kier molecular flexibility index (Phi) is 8.26. The van der Waals surface area contributed by atoms with Gasteiger partial charge in [-0.05, 0) is 65.8 Å². The summed E-state index contributed by atoms with van der Waals surface area (Å²) in [5.74, 6) is -1.23. The smallest absolute Gasteiger partial charge is 0.273 e. The second kappa shape index (κ2) is 11.8. The zero-order valence-electron chi connectivity index (χ0n) is 21.8. The number of hydrogen-bond acceptors (Lipinski definition) is 7. The van der Waals surface area contributed by atoms with E-state index >= 15 is 0 Å². The van der Waals surface area contributed by atoms with Crippen LogP contribution in [0.3, 0.4) is 0 Å². The van der Waals surface area contributed by atoms with Gasteiger partial charge in [-0.2, -0.15) is 4.37 Å². The molecule has 0 aliphatic rings. The monoisotopic (exact) mass is 543 g/mol. The van der Waals surface area contributed by atoms with Gasteiger partial charge in [-0.1, -0.05) is 54.6 Å². The van der Waals surface area contributed by atoms with Gasteiger partial charge in [-0.15, -0.1) is 0 Å². The van der Waals surface area contributed by atoms with Crippen molar-refractivity contribution in [3.63, 3.8) is 0 Å². The van der Waals surface area contributed by atoms with E-state index in [9.17, 15) is 14.4 Å². The zero-order chi connectivity index (χ0) is 28.1. The molecule has 0 bridgehead atoms. The van der Waals surface area contributed by atoms with Gasteiger partial charge in [0, 0.05) is 12.2 Å². The molecular formula is C29H29N5O4S. The molecule has 1 atom stereocenters. The SMILES string of the molecule is COc1ccc([C@H](C(=O)NCc2ccccc2)N(C(=O)c2snc(C(N)=O)c2N)c2cccc(C)c2C)cc1. The Morgan fingerprint density at radius 2 is 1.69 bits per heavy atom. The van der Waals surface area contributed by atoms with Crippen molar-refractivity contribution in [3.8, 4) is 5.75 Å². The van der Waals surface area contributed by atoms with Crippen LogP contribution in [-0.2, 0) is 11.3 Å². The standard InChI is InChI=1S/C29H29N5O4S/c1-17-8-7-11-22(18(17)2)34(29(37)26-23(30)24(27(31)35)33-39-26)25(20-12-14-21(38-3)15-13-20)28(36)32-16-19-9-5-4-6-10-19/h4-15,25H,16,30H2,1-3H3,(H2,31,35)(H,32,36)/t25-/m1/s1. The lowest BCUT2D eigenvalue weighted by atomic mass is 9.99. The van der Waals surface area contributed by atoms with Crippen molar-refractivity contribution in [2.75, 3.05) is 17.7 Å². The van der Waals surface area contributed by atoms with E-state index in [-0.39, 0.29) is 22.8 Å². The van der Waals surface area contributed by atoms with Crippen LogP contribution in [0.15, 0.2) is 72.8 Å². The molecule has 0 saturated carbocycles. The highest BCUT2D eigenvalue weighted by Gasteiger charge is 2.36. The van der Waals surface area contributed by atoms with E-state index in [1.807, 2.05) is 56.3 Å². The summed E-state index contributed by atoms with van der Waals surface area (Å²) in [5, 5.41) is 2.97. The average Bonchev–Trinajstić information content (AvgIpc) is 3.34. The van der Waals surface area contributed by atoms with Gasteiger partial charge in [0.1, 0.15) is 16.7 Å². The number of nitrogens with two attached hydrogens (primary N) is 2. The highest BCUT2D eigenvalue weighted by Crippen LogP contribution is 2.36. The van der Waals surface area contributed by atoms with Crippen LogP contribution in [0.5, 0.6) is 5.75 Å². The number of anilines is 2. The number of rotatable bonds is 9. The van der Waals surface area contributed by atoms with Crippen LogP contribution >= 0.6 is 11.5 Å². The molecule has 0 radical (unpaired) electrons. The third-order valence-electron chi connectivity index (χ3n) is 6.46. The number of carbonyl (C=O) groups excluding carboxylic acids is 3. The van der Waals surface area contributed by atoms with Gasteiger partial charge >= 0.3 is 0 Å². The fraction of sp³-hybridized carbons (Fsp3) is 0.172. The maximum atomic E-state index is 14.2. The number of nitrogen functional groups attached to an aromatic ring is 1. The maximum Gasteiger partial charge on any atom is 0.273 e. The van der Waals surface area contributed by atoms with Crippen molar-refractivity contribution in [2.24, 2.45) is 5.73 Å². The van der Waals surface area contributed by atoms with Gasteiger partial charge in [0.15, 0.2) is 5.69 Å². The molecule has 39 heavy (non-hydrogen) atoms. The third kappa shape index (κ3) is 5.75. The molecule has 1 aromatic heterocycles. The van der Waals surface area contributed by atoms with Crippen LogP contribution in [0.1, 0.15) is 48.5 Å². The summed E-state index contributed by atoms with van der Waals surface area (Å²) in [4.78, 5) is 41.4. The van der Waals surface area contributed by atoms with Gasteiger partial charge in [-0.3, -0.25) is 19.3 Å². The number of aryl methyl sites for hydroxylation is 1. The van der Waals surface area contributed by atoms with Gasteiger partial charge < -0.3 is 21.5 Å². The predicted octanol–water partition coefficient (Wildman–Crippen LogP) is 4.15. The number of methoxy groups -OCH3 is 1. The lowest BCUT2D eigenvalue weighted by molar-refractivity contribution is -0.122. The Morgan fingerprint density at radius 1 is 1.00 bits per heavy atom. The van der Waals surface area contributed by atoms with Crippen molar-refractivity contribution in [1.82, 2.24) is 9.69 Å².